The van der Waals surface area contributed by atoms with Crippen molar-refractivity contribution in [1.29, 1.82) is 0 Å². The van der Waals surface area contributed by atoms with E-state index >= 15 is 0 Å². The Balaban J connectivity index is 1.52. The lowest BCUT2D eigenvalue weighted by atomic mass is 10.3. The van der Waals surface area contributed by atoms with Crippen LogP contribution in [0.15, 0.2) is 52.2 Å². The molecular formula is C17H17BrN6O3S. The lowest BCUT2D eigenvalue weighted by Gasteiger charge is -2.08. The zero-order chi connectivity index (χ0) is 19.9. The number of nitrogens with two attached hydrogens (primary N) is 1. The van der Waals surface area contributed by atoms with Gasteiger partial charge in [-0.25, -0.2) is 9.66 Å². The lowest BCUT2D eigenvalue weighted by Crippen LogP contribution is -2.18. The Kier molecular flexibility index (Phi) is 6.71. The largest absolute Gasteiger partial charge is 0.497 e. The van der Waals surface area contributed by atoms with Crippen molar-refractivity contribution in [3.05, 3.63) is 52.9 Å². The van der Waals surface area contributed by atoms with E-state index in [-0.39, 0.29) is 18.3 Å². The first-order chi connectivity index (χ1) is 13.5. The third kappa shape index (κ3) is 5.36. The highest BCUT2D eigenvalue weighted by Gasteiger charge is 2.13. The van der Waals surface area contributed by atoms with Crippen LogP contribution >= 0.6 is 27.7 Å². The minimum Gasteiger partial charge on any atom is -0.497 e. The van der Waals surface area contributed by atoms with Crippen LogP contribution in [0.4, 0.5) is 5.82 Å². The van der Waals surface area contributed by atoms with Gasteiger partial charge in [0.15, 0.2) is 5.82 Å². The van der Waals surface area contributed by atoms with Gasteiger partial charge in [0, 0.05) is 16.7 Å². The Labute approximate surface area is 173 Å². The summed E-state index contributed by atoms with van der Waals surface area (Å²) < 4.78 is 12.9. The predicted octanol–water partition coefficient (Wildman–Crippen LogP) is 2.47. The zero-order valence-electron chi connectivity index (χ0n) is 14.8. The summed E-state index contributed by atoms with van der Waals surface area (Å²) in [6, 6.07) is 10.7. The summed E-state index contributed by atoms with van der Waals surface area (Å²) in [5.74, 6) is 8.10. The first kappa shape index (κ1) is 20.0. The van der Waals surface area contributed by atoms with Crippen LogP contribution in [0.5, 0.6) is 11.5 Å². The van der Waals surface area contributed by atoms with E-state index in [0.29, 0.717) is 28.3 Å². The second-order valence-corrected chi connectivity index (χ2v) is 7.29. The van der Waals surface area contributed by atoms with E-state index in [1.54, 1.807) is 37.6 Å². The molecular weight excluding hydrogens is 448 g/mol. The molecule has 3 aromatic rings. The molecule has 0 saturated heterocycles. The van der Waals surface area contributed by atoms with Gasteiger partial charge >= 0.3 is 0 Å². The fraction of sp³-hybridized carbons (Fsp3) is 0.176. The van der Waals surface area contributed by atoms with E-state index in [0.717, 1.165) is 4.47 Å². The number of rotatable bonds is 8. The molecule has 0 fully saturated rings. The number of thioether (sulfide) groups is 1. The first-order valence-corrected chi connectivity index (χ1v) is 9.83. The number of carbonyl (C=O) groups is 1. The van der Waals surface area contributed by atoms with Gasteiger partial charge in [-0.15, -0.1) is 10.2 Å². The van der Waals surface area contributed by atoms with Crippen LogP contribution in [0.25, 0.3) is 0 Å². The van der Waals surface area contributed by atoms with E-state index in [4.69, 9.17) is 15.3 Å². The number of nitrogens with zero attached hydrogens (tertiary/aromatic N) is 4. The van der Waals surface area contributed by atoms with Crippen LogP contribution in [0.2, 0.25) is 0 Å². The van der Waals surface area contributed by atoms with E-state index in [9.17, 15) is 4.79 Å². The van der Waals surface area contributed by atoms with Crippen molar-refractivity contribution in [1.82, 2.24) is 19.9 Å². The predicted molar refractivity (Wildman–Crippen MR) is 109 cm³/mol. The molecule has 0 radical (unpaired) electrons. The molecule has 11 heteroatoms. The van der Waals surface area contributed by atoms with Gasteiger partial charge < -0.3 is 20.6 Å². The SMILES string of the molecule is COc1cccc(OCc2nnc(SCC(=O)Nc3ccc(Br)cn3)n2N)c1. The Hall–Kier alpha value is -2.79. The number of anilines is 1. The zero-order valence-corrected chi connectivity index (χ0v) is 17.2. The van der Waals surface area contributed by atoms with Crippen LogP contribution in [0.3, 0.4) is 0 Å². The molecule has 1 aromatic carbocycles. The molecule has 0 aliphatic carbocycles. The average Bonchev–Trinajstić information content (AvgIpc) is 3.06. The monoisotopic (exact) mass is 464 g/mol. The minimum atomic E-state index is -0.225. The summed E-state index contributed by atoms with van der Waals surface area (Å²) in [6.45, 7) is 0.131. The van der Waals surface area contributed by atoms with Crippen molar-refractivity contribution in [2.24, 2.45) is 0 Å². The summed E-state index contributed by atoms with van der Waals surface area (Å²) in [4.78, 5) is 16.1. The normalized spacial score (nSPS) is 10.5. The first-order valence-electron chi connectivity index (χ1n) is 8.05. The number of benzene rings is 1. The fourth-order valence-electron chi connectivity index (χ4n) is 2.10. The minimum absolute atomic E-state index is 0.115. The number of aromatic nitrogens is 4. The van der Waals surface area contributed by atoms with Gasteiger partial charge in [-0.1, -0.05) is 17.8 Å². The molecule has 0 atom stereocenters. The van der Waals surface area contributed by atoms with Crippen molar-refractivity contribution in [3.63, 3.8) is 0 Å². The Morgan fingerprint density at radius 3 is 2.86 bits per heavy atom. The molecule has 0 aliphatic heterocycles. The molecule has 1 amide bonds. The van der Waals surface area contributed by atoms with Crippen molar-refractivity contribution in [2.75, 3.05) is 24.0 Å². The van der Waals surface area contributed by atoms with Gasteiger partial charge in [0.25, 0.3) is 0 Å². The molecule has 2 heterocycles. The van der Waals surface area contributed by atoms with Gasteiger partial charge in [-0.05, 0) is 40.2 Å². The number of nitrogens with one attached hydrogen (secondary N) is 1. The summed E-state index contributed by atoms with van der Waals surface area (Å²) >= 11 is 4.46. The Morgan fingerprint density at radius 1 is 1.29 bits per heavy atom. The van der Waals surface area contributed by atoms with Crippen molar-refractivity contribution in [2.45, 2.75) is 11.8 Å². The number of amides is 1. The fourth-order valence-corrected chi connectivity index (χ4v) is 3.01. The molecule has 3 N–H and O–H groups in total. The highest BCUT2D eigenvalue weighted by molar-refractivity contribution is 9.10. The summed E-state index contributed by atoms with van der Waals surface area (Å²) in [6.07, 6.45) is 1.61. The Morgan fingerprint density at radius 2 is 2.11 bits per heavy atom. The molecule has 2 aromatic heterocycles. The number of pyridine rings is 1. The van der Waals surface area contributed by atoms with Gasteiger partial charge in [0.1, 0.15) is 23.9 Å². The van der Waals surface area contributed by atoms with Crippen molar-refractivity contribution >= 4 is 39.4 Å². The standard InChI is InChI=1S/C17H17BrN6O3S/c1-26-12-3-2-4-13(7-12)27-9-15-22-23-17(24(15)19)28-10-16(25)21-14-6-5-11(18)8-20-14/h2-8H,9-10,19H2,1H3,(H,20,21,25). The van der Waals surface area contributed by atoms with E-state index in [1.807, 2.05) is 12.1 Å². The van der Waals surface area contributed by atoms with Gasteiger partial charge in [0.05, 0.1) is 12.9 Å². The van der Waals surface area contributed by atoms with E-state index in [2.05, 4.69) is 36.4 Å². The van der Waals surface area contributed by atoms with Gasteiger partial charge in [-0.2, -0.15) is 0 Å². The molecule has 0 bridgehead atoms. The van der Waals surface area contributed by atoms with E-state index < -0.39 is 0 Å². The topological polar surface area (TPSA) is 117 Å². The quantitative estimate of drug-likeness (QED) is 0.385. The molecule has 9 nitrogen and oxygen atoms in total. The second-order valence-electron chi connectivity index (χ2n) is 5.43. The number of hydrogen-bond acceptors (Lipinski definition) is 8. The second kappa shape index (κ2) is 9.42. The third-order valence-electron chi connectivity index (χ3n) is 3.47. The van der Waals surface area contributed by atoms with Crippen LogP contribution < -0.4 is 20.6 Å². The molecule has 0 aliphatic rings. The van der Waals surface area contributed by atoms with Crippen molar-refractivity contribution in [3.8, 4) is 11.5 Å². The lowest BCUT2D eigenvalue weighted by molar-refractivity contribution is -0.113. The van der Waals surface area contributed by atoms with E-state index in [1.165, 1.54) is 16.4 Å². The molecule has 0 unspecified atom stereocenters. The third-order valence-corrected chi connectivity index (χ3v) is 4.88. The highest BCUT2D eigenvalue weighted by atomic mass is 79.9. The maximum absolute atomic E-state index is 12.0. The molecule has 0 spiro atoms. The molecule has 0 saturated carbocycles. The number of halogens is 1. The maximum atomic E-state index is 12.0. The Bertz CT molecular complexity index is 950. The van der Waals surface area contributed by atoms with Gasteiger partial charge in [0.2, 0.25) is 11.1 Å². The number of carbonyl (C=O) groups excluding carboxylic acids is 1. The number of nitrogen functional groups attached to an aromatic ring is 1. The summed E-state index contributed by atoms with van der Waals surface area (Å²) in [5, 5.41) is 11.1. The average molecular weight is 465 g/mol. The van der Waals surface area contributed by atoms with Gasteiger partial charge in [-0.3, -0.25) is 4.79 Å². The van der Waals surface area contributed by atoms with Crippen LogP contribution in [0.1, 0.15) is 5.82 Å². The molecule has 3 rings (SSSR count). The summed E-state index contributed by atoms with van der Waals surface area (Å²) in [5.41, 5.74) is 0. The summed E-state index contributed by atoms with van der Waals surface area (Å²) in [7, 11) is 1.59. The van der Waals surface area contributed by atoms with Crippen LogP contribution in [-0.2, 0) is 11.4 Å². The number of ether oxygens (including phenoxy) is 2. The number of hydrogen-bond donors (Lipinski definition) is 2. The highest BCUT2D eigenvalue weighted by Crippen LogP contribution is 2.20. The molecule has 146 valence electrons. The molecule has 28 heavy (non-hydrogen) atoms. The smallest absolute Gasteiger partial charge is 0.236 e. The number of methoxy groups -OCH3 is 1. The van der Waals surface area contributed by atoms with Crippen LogP contribution in [-0.4, -0.2) is 38.6 Å². The maximum Gasteiger partial charge on any atom is 0.236 e. The van der Waals surface area contributed by atoms with Crippen LogP contribution in [0, 0.1) is 0 Å². The van der Waals surface area contributed by atoms with Crippen molar-refractivity contribution < 1.29 is 14.3 Å².